The third-order valence-electron chi connectivity index (χ3n) is 3.60. The lowest BCUT2D eigenvalue weighted by atomic mass is 9.87. The molecule has 0 unspecified atom stereocenters. The van der Waals surface area contributed by atoms with E-state index >= 15 is 0 Å². The molecule has 88 valence electrons. The SMILES string of the molecule is C=CC[C@@H](O)C1CCCCCCCCC1. The molecule has 1 nitrogen and oxygen atoms in total. The minimum Gasteiger partial charge on any atom is -0.393 e. The average Bonchev–Trinajstić information content (AvgIpc) is 2.26. The van der Waals surface area contributed by atoms with Crippen molar-refractivity contribution in [1.82, 2.24) is 0 Å². The van der Waals surface area contributed by atoms with E-state index in [9.17, 15) is 5.11 Å². The Kier molecular flexibility index (Phi) is 6.74. The summed E-state index contributed by atoms with van der Waals surface area (Å²) < 4.78 is 0. The summed E-state index contributed by atoms with van der Waals surface area (Å²) in [5, 5.41) is 9.98. The van der Waals surface area contributed by atoms with E-state index in [0.717, 1.165) is 6.42 Å². The van der Waals surface area contributed by atoms with Crippen LogP contribution in [0.5, 0.6) is 0 Å². The fourth-order valence-corrected chi connectivity index (χ4v) is 2.59. The van der Waals surface area contributed by atoms with Crippen LogP contribution in [0.15, 0.2) is 12.7 Å². The molecule has 0 amide bonds. The van der Waals surface area contributed by atoms with Gasteiger partial charge in [-0.25, -0.2) is 0 Å². The fourth-order valence-electron chi connectivity index (χ4n) is 2.59. The predicted molar refractivity (Wildman–Crippen MR) is 65.9 cm³/mol. The molecule has 1 N–H and O–H groups in total. The van der Waals surface area contributed by atoms with E-state index in [1.54, 1.807) is 0 Å². The first-order valence-electron chi connectivity index (χ1n) is 6.63. The van der Waals surface area contributed by atoms with Gasteiger partial charge in [0.25, 0.3) is 0 Å². The Morgan fingerprint density at radius 2 is 1.47 bits per heavy atom. The first-order valence-corrected chi connectivity index (χ1v) is 6.63. The lowest BCUT2D eigenvalue weighted by molar-refractivity contribution is 0.0956. The Labute approximate surface area is 94.6 Å². The van der Waals surface area contributed by atoms with Gasteiger partial charge in [-0.2, -0.15) is 0 Å². The van der Waals surface area contributed by atoms with E-state index in [1.807, 2.05) is 6.08 Å². The van der Waals surface area contributed by atoms with E-state index in [0.29, 0.717) is 5.92 Å². The van der Waals surface area contributed by atoms with Gasteiger partial charge in [0.2, 0.25) is 0 Å². The van der Waals surface area contributed by atoms with Crippen molar-refractivity contribution >= 4 is 0 Å². The zero-order valence-corrected chi connectivity index (χ0v) is 9.96. The van der Waals surface area contributed by atoms with Crippen molar-refractivity contribution in [2.75, 3.05) is 0 Å². The standard InChI is InChI=1S/C14H26O/c1-2-10-14(15)13-11-8-6-4-3-5-7-9-12-13/h2,13-15H,1,3-12H2/t14-/m1/s1. The smallest absolute Gasteiger partial charge is 0.0602 e. The van der Waals surface area contributed by atoms with Crippen LogP contribution in [-0.4, -0.2) is 11.2 Å². The van der Waals surface area contributed by atoms with Crippen molar-refractivity contribution in [2.24, 2.45) is 5.92 Å². The van der Waals surface area contributed by atoms with Crippen LogP contribution in [0, 0.1) is 5.92 Å². The highest BCUT2D eigenvalue weighted by Crippen LogP contribution is 2.25. The van der Waals surface area contributed by atoms with Gasteiger partial charge < -0.3 is 5.11 Å². The summed E-state index contributed by atoms with van der Waals surface area (Å²) in [6.45, 7) is 3.71. The van der Waals surface area contributed by atoms with Crippen LogP contribution in [0.1, 0.15) is 64.2 Å². The van der Waals surface area contributed by atoms with Crippen LogP contribution in [0.2, 0.25) is 0 Å². The molecular weight excluding hydrogens is 184 g/mol. The quantitative estimate of drug-likeness (QED) is 0.696. The maximum absolute atomic E-state index is 9.98. The molecule has 0 saturated heterocycles. The van der Waals surface area contributed by atoms with Crippen LogP contribution in [-0.2, 0) is 0 Å². The second kappa shape index (κ2) is 7.92. The summed E-state index contributed by atoms with van der Waals surface area (Å²) in [5.41, 5.74) is 0. The van der Waals surface area contributed by atoms with Crippen LogP contribution < -0.4 is 0 Å². The average molecular weight is 210 g/mol. The van der Waals surface area contributed by atoms with Crippen LogP contribution in [0.4, 0.5) is 0 Å². The number of rotatable bonds is 3. The molecule has 1 rings (SSSR count). The van der Waals surface area contributed by atoms with Gasteiger partial charge in [0.1, 0.15) is 0 Å². The summed E-state index contributed by atoms with van der Waals surface area (Å²) in [6, 6.07) is 0. The molecule has 0 aromatic rings. The highest BCUT2D eigenvalue weighted by Gasteiger charge is 2.17. The molecular formula is C14H26O. The van der Waals surface area contributed by atoms with Gasteiger partial charge in [0.15, 0.2) is 0 Å². The Hall–Kier alpha value is -0.300. The van der Waals surface area contributed by atoms with Crippen LogP contribution in [0.3, 0.4) is 0 Å². The maximum atomic E-state index is 9.98. The number of hydrogen-bond acceptors (Lipinski definition) is 1. The molecule has 1 saturated carbocycles. The van der Waals surface area contributed by atoms with E-state index in [4.69, 9.17) is 0 Å². The van der Waals surface area contributed by atoms with Crippen LogP contribution in [0.25, 0.3) is 0 Å². The molecule has 0 aromatic heterocycles. The minimum absolute atomic E-state index is 0.137. The molecule has 1 atom stereocenters. The first-order chi connectivity index (χ1) is 7.34. The molecule has 1 fully saturated rings. The summed E-state index contributed by atoms with van der Waals surface area (Å²) in [6.07, 6.45) is 14.4. The van der Waals surface area contributed by atoms with Gasteiger partial charge in [-0.15, -0.1) is 6.58 Å². The topological polar surface area (TPSA) is 20.2 Å². The normalized spacial score (nSPS) is 23.3. The maximum Gasteiger partial charge on any atom is 0.0602 e. The summed E-state index contributed by atoms with van der Waals surface area (Å²) >= 11 is 0. The molecule has 0 heterocycles. The zero-order valence-electron chi connectivity index (χ0n) is 9.96. The molecule has 0 bridgehead atoms. The van der Waals surface area contributed by atoms with Crippen molar-refractivity contribution in [1.29, 1.82) is 0 Å². The number of aliphatic hydroxyl groups is 1. The van der Waals surface area contributed by atoms with Crippen molar-refractivity contribution in [3.05, 3.63) is 12.7 Å². The first kappa shape index (κ1) is 12.8. The van der Waals surface area contributed by atoms with Gasteiger partial charge in [-0.1, -0.05) is 51.0 Å². The van der Waals surface area contributed by atoms with Crippen molar-refractivity contribution in [3.63, 3.8) is 0 Å². The molecule has 15 heavy (non-hydrogen) atoms. The summed E-state index contributed by atoms with van der Waals surface area (Å²) in [5.74, 6) is 0.529. The summed E-state index contributed by atoms with van der Waals surface area (Å²) in [7, 11) is 0. The number of aliphatic hydroxyl groups excluding tert-OH is 1. The predicted octanol–water partition coefficient (Wildman–Crippen LogP) is 4.06. The fraction of sp³-hybridized carbons (Fsp3) is 0.857. The highest BCUT2D eigenvalue weighted by atomic mass is 16.3. The van der Waals surface area contributed by atoms with Crippen molar-refractivity contribution in [2.45, 2.75) is 70.3 Å². The Bertz CT molecular complexity index is 155. The van der Waals surface area contributed by atoms with E-state index in [2.05, 4.69) is 6.58 Å². The molecule has 0 aromatic carbocycles. The van der Waals surface area contributed by atoms with Gasteiger partial charge >= 0.3 is 0 Å². The van der Waals surface area contributed by atoms with Gasteiger partial charge in [0.05, 0.1) is 6.10 Å². The second-order valence-electron chi connectivity index (χ2n) is 4.90. The molecule has 0 radical (unpaired) electrons. The summed E-state index contributed by atoms with van der Waals surface area (Å²) in [4.78, 5) is 0. The third-order valence-corrected chi connectivity index (χ3v) is 3.60. The highest BCUT2D eigenvalue weighted by molar-refractivity contribution is 4.78. The van der Waals surface area contributed by atoms with Gasteiger partial charge in [-0.3, -0.25) is 0 Å². The Morgan fingerprint density at radius 3 is 1.93 bits per heavy atom. The van der Waals surface area contributed by atoms with E-state index in [-0.39, 0.29) is 6.10 Å². The van der Waals surface area contributed by atoms with Crippen LogP contribution >= 0.6 is 0 Å². The molecule has 1 heteroatoms. The molecule has 1 aliphatic carbocycles. The van der Waals surface area contributed by atoms with Crippen molar-refractivity contribution in [3.8, 4) is 0 Å². The van der Waals surface area contributed by atoms with E-state index < -0.39 is 0 Å². The number of hydrogen-bond donors (Lipinski definition) is 1. The largest absolute Gasteiger partial charge is 0.393 e. The lowest BCUT2D eigenvalue weighted by Crippen LogP contribution is -2.20. The Morgan fingerprint density at radius 1 is 1.00 bits per heavy atom. The second-order valence-corrected chi connectivity index (χ2v) is 4.90. The molecule has 1 aliphatic rings. The molecule has 0 spiro atoms. The minimum atomic E-state index is -0.137. The Balaban J connectivity index is 2.33. The van der Waals surface area contributed by atoms with Crippen molar-refractivity contribution < 1.29 is 5.11 Å². The monoisotopic (exact) mass is 210 g/mol. The van der Waals surface area contributed by atoms with E-state index in [1.165, 1.54) is 57.8 Å². The van der Waals surface area contributed by atoms with Gasteiger partial charge in [0, 0.05) is 0 Å². The zero-order chi connectivity index (χ0) is 10.9. The lowest BCUT2D eigenvalue weighted by Gasteiger charge is -2.23. The van der Waals surface area contributed by atoms with Gasteiger partial charge in [-0.05, 0) is 25.2 Å². The third kappa shape index (κ3) is 5.36. The molecule has 0 aliphatic heterocycles.